The van der Waals surface area contributed by atoms with Gasteiger partial charge in [-0.1, -0.05) is 6.07 Å². The molecule has 0 aromatic heterocycles. The summed E-state index contributed by atoms with van der Waals surface area (Å²) < 4.78 is 32.4. The Morgan fingerprint density at radius 2 is 1.81 bits per heavy atom. The number of rotatable bonds is 6. The summed E-state index contributed by atoms with van der Waals surface area (Å²) in [6, 6.07) is 3.87. The Morgan fingerprint density at radius 3 is 2.41 bits per heavy atom. The smallest absolute Gasteiger partial charge is 0.410 e. The number of carbonyl (C=O) groups is 2. The van der Waals surface area contributed by atoms with Crippen LogP contribution in [0.1, 0.15) is 55.8 Å². The molecule has 148 valence electrons. The van der Waals surface area contributed by atoms with Crippen molar-refractivity contribution in [1.29, 1.82) is 0 Å². The first-order valence-electron chi connectivity index (χ1n) is 9.68. The molecule has 2 heterocycles. The van der Waals surface area contributed by atoms with E-state index in [1.54, 1.807) is 0 Å². The minimum atomic E-state index is -0.851. The topological polar surface area (TPSA) is 58.6 Å². The molecule has 2 bridgehead atoms. The van der Waals surface area contributed by atoms with Gasteiger partial charge in [0, 0.05) is 18.6 Å². The van der Waals surface area contributed by atoms with Gasteiger partial charge in [0.1, 0.15) is 17.2 Å². The summed E-state index contributed by atoms with van der Waals surface area (Å²) in [7, 11) is 0. The van der Waals surface area contributed by atoms with Gasteiger partial charge in [0.15, 0.2) is 0 Å². The average Bonchev–Trinajstić information content (AvgIpc) is 2.89. The Bertz CT molecular complexity index is 664. The average molecular weight is 380 g/mol. The molecule has 5 nitrogen and oxygen atoms in total. The molecule has 2 unspecified atom stereocenters. The SMILES string of the molecule is CCOC(=O)N1C2CCC1CC(CCCNC(=O)c1c(F)cccc1F)C2. The van der Waals surface area contributed by atoms with E-state index in [4.69, 9.17) is 4.74 Å². The number of nitrogens with zero attached hydrogens (tertiary/aromatic N) is 1. The van der Waals surface area contributed by atoms with Crippen molar-refractivity contribution in [3.63, 3.8) is 0 Å². The zero-order valence-electron chi connectivity index (χ0n) is 15.5. The Morgan fingerprint density at radius 1 is 1.19 bits per heavy atom. The van der Waals surface area contributed by atoms with E-state index >= 15 is 0 Å². The molecule has 1 aromatic rings. The van der Waals surface area contributed by atoms with Crippen LogP contribution in [-0.4, -0.2) is 42.1 Å². The van der Waals surface area contributed by atoms with Crippen molar-refractivity contribution >= 4 is 12.0 Å². The molecule has 2 atom stereocenters. The Hall–Kier alpha value is -2.18. The third-order valence-corrected chi connectivity index (χ3v) is 5.57. The van der Waals surface area contributed by atoms with E-state index in [1.165, 1.54) is 6.07 Å². The van der Waals surface area contributed by atoms with Gasteiger partial charge in [-0.2, -0.15) is 0 Å². The van der Waals surface area contributed by atoms with Gasteiger partial charge in [-0.15, -0.1) is 0 Å². The molecular weight excluding hydrogens is 354 g/mol. The summed E-state index contributed by atoms with van der Waals surface area (Å²) in [6.45, 7) is 2.58. The highest BCUT2D eigenvalue weighted by atomic mass is 19.1. The van der Waals surface area contributed by atoms with E-state index in [-0.39, 0.29) is 18.2 Å². The van der Waals surface area contributed by atoms with Gasteiger partial charge >= 0.3 is 6.09 Å². The van der Waals surface area contributed by atoms with Gasteiger partial charge in [0.25, 0.3) is 5.91 Å². The predicted molar refractivity (Wildman–Crippen MR) is 96.3 cm³/mol. The van der Waals surface area contributed by atoms with Crippen molar-refractivity contribution in [1.82, 2.24) is 10.2 Å². The van der Waals surface area contributed by atoms with E-state index in [2.05, 4.69) is 5.32 Å². The molecule has 0 saturated carbocycles. The molecule has 7 heteroatoms. The van der Waals surface area contributed by atoms with Crippen LogP contribution in [0.5, 0.6) is 0 Å². The van der Waals surface area contributed by atoms with E-state index < -0.39 is 23.1 Å². The lowest BCUT2D eigenvalue weighted by molar-refractivity contribution is 0.0587. The quantitative estimate of drug-likeness (QED) is 0.762. The fraction of sp³-hybridized carbons (Fsp3) is 0.600. The molecule has 3 rings (SSSR count). The minimum absolute atomic E-state index is 0.206. The molecule has 1 N–H and O–H groups in total. The molecule has 0 aliphatic carbocycles. The minimum Gasteiger partial charge on any atom is -0.450 e. The maximum absolute atomic E-state index is 13.6. The summed E-state index contributed by atoms with van der Waals surface area (Å²) in [6.07, 6.45) is 5.39. The van der Waals surface area contributed by atoms with Crippen molar-refractivity contribution in [2.45, 2.75) is 57.5 Å². The van der Waals surface area contributed by atoms with Crippen molar-refractivity contribution in [2.75, 3.05) is 13.2 Å². The van der Waals surface area contributed by atoms with Crippen molar-refractivity contribution in [3.05, 3.63) is 35.4 Å². The van der Waals surface area contributed by atoms with Crippen LogP contribution in [0.3, 0.4) is 0 Å². The molecule has 2 amide bonds. The summed E-state index contributed by atoms with van der Waals surface area (Å²) >= 11 is 0. The lowest BCUT2D eigenvalue weighted by Crippen LogP contribution is -2.46. The molecule has 2 aliphatic rings. The van der Waals surface area contributed by atoms with Crippen LogP contribution >= 0.6 is 0 Å². The van der Waals surface area contributed by atoms with E-state index in [0.717, 1.165) is 50.7 Å². The third kappa shape index (κ3) is 4.39. The summed E-state index contributed by atoms with van der Waals surface area (Å²) in [5.41, 5.74) is -0.529. The molecule has 0 radical (unpaired) electrons. The molecule has 27 heavy (non-hydrogen) atoms. The number of fused-ring (bicyclic) bond motifs is 2. The van der Waals surface area contributed by atoms with Crippen molar-refractivity contribution in [3.8, 4) is 0 Å². The maximum atomic E-state index is 13.6. The zero-order valence-corrected chi connectivity index (χ0v) is 15.5. The van der Waals surface area contributed by atoms with Gasteiger partial charge < -0.3 is 15.0 Å². The largest absolute Gasteiger partial charge is 0.450 e. The van der Waals surface area contributed by atoms with Gasteiger partial charge in [-0.25, -0.2) is 13.6 Å². The Balaban J connectivity index is 1.43. The molecule has 1 aromatic carbocycles. The highest BCUT2D eigenvalue weighted by molar-refractivity contribution is 5.94. The van der Waals surface area contributed by atoms with Gasteiger partial charge in [-0.3, -0.25) is 4.79 Å². The first kappa shape index (κ1) is 19.6. The van der Waals surface area contributed by atoms with Gasteiger partial charge in [0.05, 0.1) is 6.61 Å². The van der Waals surface area contributed by atoms with Crippen LogP contribution < -0.4 is 5.32 Å². The monoisotopic (exact) mass is 380 g/mol. The lowest BCUT2D eigenvalue weighted by Gasteiger charge is -2.38. The third-order valence-electron chi connectivity index (χ3n) is 5.57. The van der Waals surface area contributed by atoms with Crippen LogP contribution in [0.4, 0.5) is 13.6 Å². The highest BCUT2D eigenvalue weighted by Crippen LogP contribution is 2.40. The second-order valence-corrected chi connectivity index (χ2v) is 7.32. The van der Waals surface area contributed by atoms with Crippen molar-refractivity contribution < 1.29 is 23.1 Å². The van der Waals surface area contributed by atoms with Crippen LogP contribution in [0.15, 0.2) is 18.2 Å². The standard InChI is InChI=1S/C20H26F2N2O3/c1-2-27-20(26)24-14-8-9-15(24)12-13(11-14)5-4-10-23-19(25)18-16(21)6-3-7-17(18)22/h3,6-7,13-15H,2,4-5,8-12H2,1H3,(H,23,25). The van der Waals surface area contributed by atoms with E-state index in [9.17, 15) is 18.4 Å². The first-order chi connectivity index (χ1) is 13.0. The fourth-order valence-corrected chi connectivity index (χ4v) is 4.42. The van der Waals surface area contributed by atoms with Gasteiger partial charge in [-0.05, 0) is 63.5 Å². The number of piperidine rings is 1. The molecular formula is C20H26F2N2O3. The summed E-state index contributed by atoms with van der Waals surface area (Å²) in [4.78, 5) is 26.0. The highest BCUT2D eigenvalue weighted by Gasteiger charge is 2.43. The Labute approximate surface area is 158 Å². The molecule has 2 saturated heterocycles. The van der Waals surface area contributed by atoms with Crippen LogP contribution in [-0.2, 0) is 4.74 Å². The van der Waals surface area contributed by atoms with E-state index in [1.807, 2.05) is 11.8 Å². The maximum Gasteiger partial charge on any atom is 0.410 e. The Kier molecular flexibility index (Phi) is 6.29. The summed E-state index contributed by atoms with van der Waals surface area (Å²) in [5, 5.41) is 2.60. The number of carbonyl (C=O) groups excluding carboxylic acids is 2. The van der Waals surface area contributed by atoms with Crippen LogP contribution in [0.25, 0.3) is 0 Å². The predicted octanol–water partition coefficient (Wildman–Crippen LogP) is 3.87. The van der Waals surface area contributed by atoms with Crippen LogP contribution in [0.2, 0.25) is 0 Å². The molecule has 2 aliphatic heterocycles. The number of nitrogens with one attached hydrogen (secondary N) is 1. The second-order valence-electron chi connectivity index (χ2n) is 7.32. The number of ether oxygens (including phenoxy) is 1. The zero-order chi connectivity index (χ0) is 19.4. The number of benzene rings is 1. The second kappa shape index (κ2) is 8.67. The number of amides is 2. The van der Waals surface area contributed by atoms with Crippen LogP contribution in [0, 0.1) is 17.6 Å². The molecule has 0 spiro atoms. The number of halogens is 2. The van der Waals surface area contributed by atoms with E-state index in [0.29, 0.717) is 19.1 Å². The van der Waals surface area contributed by atoms with Crippen molar-refractivity contribution in [2.24, 2.45) is 5.92 Å². The number of hydrogen-bond acceptors (Lipinski definition) is 3. The number of hydrogen-bond donors (Lipinski definition) is 1. The normalized spacial score (nSPS) is 24.0. The van der Waals surface area contributed by atoms with Gasteiger partial charge in [0.2, 0.25) is 0 Å². The fourth-order valence-electron chi connectivity index (χ4n) is 4.42. The summed E-state index contributed by atoms with van der Waals surface area (Å²) in [5.74, 6) is -1.93. The first-order valence-corrected chi connectivity index (χ1v) is 9.68. The lowest BCUT2D eigenvalue weighted by atomic mass is 9.87. The molecule has 2 fully saturated rings.